The van der Waals surface area contributed by atoms with Crippen molar-refractivity contribution in [1.82, 2.24) is 4.90 Å². The monoisotopic (exact) mass is 262 g/mol. The molecular weight excluding hydrogens is 248 g/mol. The van der Waals surface area contributed by atoms with Gasteiger partial charge in [0, 0.05) is 24.5 Å². The molecule has 1 amide bonds. The molecule has 6 nitrogen and oxygen atoms in total. The molecule has 19 heavy (non-hydrogen) atoms. The van der Waals surface area contributed by atoms with Gasteiger partial charge in [-0.2, -0.15) is 0 Å². The number of para-hydroxylation sites is 1. The molecule has 1 unspecified atom stereocenters. The van der Waals surface area contributed by atoms with Gasteiger partial charge in [-0.25, -0.2) is 4.79 Å². The first-order valence-corrected chi connectivity index (χ1v) is 5.69. The van der Waals surface area contributed by atoms with Gasteiger partial charge in [-0.1, -0.05) is 18.2 Å². The Hall–Kier alpha value is -2.34. The van der Waals surface area contributed by atoms with Crippen molar-refractivity contribution in [3.05, 3.63) is 36.1 Å². The van der Waals surface area contributed by atoms with E-state index in [1.54, 1.807) is 6.26 Å². The number of carboxylic acids is 1. The van der Waals surface area contributed by atoms with Crippen LogP contribution in [0.5, 0.6) is 0 Å². The van der Waals surface area contributed by atoms with E-state index in [1.807, 2.05) is 24.3 Å². The molecule has 0 saturated heterocycles. The van der Waals surface area contributed by atoms with Gasteiger partial charge in [0.25, 0.3) is 5.91 Å². The Labute approximate surface area is 109 Å². The molecule has 0 aliphatic rings. The van der Waals surface area contributed by atoms with Crippen LogP contribution in [-0.2, 0) is 16.1 Å². The molecule has 1 heterocycles. The van der Waals surface area contributed by atoms with Crippen molar-refractivity contribution in [3.63, 3.8) is 0 Å². The Morgan fingerprint density at radius 1 is 1.42 bits per heavy atom. The molecule has 0 fully saturated rings. The summed E-state index contributed by atoms with van der Waals surface area (Å²) in [5, 5.41) is 9.60. The maximum Gasteiger partial charge on any atom is 0.330 e. The Kier molecular flexibility index (Phi) is 3.52. The van der Waals surface area contributed by atoms with E-state index in [-0.39, 0.29) is 6.54 Å². The third-order valence-electron chi connectivity index (χ3n) is 2.88. The van der Waals surface area contributed by atoms with Gasteiger partial charge in [-0.05, 0) is 6.07 Å². The summed E-state index contributed by atoms with van der Waals surface area (Å²) in [7, 11) is 1.51. The smallest absolute Gasteiger partial charge is 0.330 e. The lowest BCUT2D eigenvalue weighted by Gasteiger charge is -2.18. The molecule has 0 bridgehead atoms. The minimum Gasteiger partial charge on any atom is -0.480 e. The molecule has 0 saturated carbocycles. The Morgan fingerprint density at radius 3 is 2.79 bits per heavy atom. The summed E-state index contributed by atoms with van der Waals surface area (Å²) in [4.78, 5) is 23.7. The number of hydrogen-bond acceptors (Lipinski definition) is 4. The number of rotatable bonds is 4. The van der Waals surface area contributed by atoms with E-state index in [1.165, 1.54) is 11.9 Å². The van der Waals surface area contributed by atoms with Crippen LogP contribution in [0, 0.1) is 0 Å². The van der Waals surface area contributed by atoms with Crippen LogP contribution < -0.4 is 5.73 Å². The number of furan rings is 1. The fraction of sp³-hybridized carbons (Fsp3) is 0.231. The molecular formula is C13H14N2O4. The quantitative estimate of drug-likeness (QED) is 0.794. The number of likely N-dealkylation sites (N-methyl/N-ethyl adjacent to an activating group) is 1. The fourth-order valence-corrected chi connectivity index (χ4v) is 1.83. The minimum atomic E-state index is -1.54. The number of amides is 1. The summed E-state index contributed by atoms with van der Waals surface area (Å²) in [6.07, 6.45) is 1.56. The van der Waals surface area contributed by atoms with Crippen molar-refractivity contribution in [3.8, 4) is 0 Å². The van der Waals surface area contributed by atoms with E-state index in [0.717, 1.165) is 16.5 Å². The van der Waals surface area contributed by atoms with E-state index in [0.29, 0.717) is 0 Å². The predicted octanol–water partition coefficient (Wildman–Crippen LogP) is 0.803. The lowest BCUT2D eigenvalue weighted by Crippen LogP contribution is -2.46. The maximum atomic E-state index is 11.7. The van der Waals surface area contributed by atoms with E-state index in [4.69, 9.17) is 15.3 Å². The first-order chi connectivity index (χ1) is 9.00. The predicted molar refractivity (Wildman–Crippen MR) is 68.3 cm³/mol. The number of benzene rings is 1. The molecule has 0 aliphatic carbocycles. The summed E-state index contributed by atoms with van der Waals surface area (Å²) < 4.78 is 5.35. The molecule has 2 rings (SSSR count). The number of nitrogens with two attached hydrogens (primary N) is 1. The molecule has 100 valence electrons. The van der Waals surface area contributed by atoms with Gasteiger partial charge in [0.15, 0.2) is 6.04 Å². The molecule has 0 aliphatic heterocycles. The van der Waals surface area contributed by atoms with Crippen LogP contribution in [0.15, 0.2) is 34.9 Å². The van der Waals surface area contributed by atoms with Crippen LogP contribution in [0.3, 0.4) is 0 Å². The zero-order valence-corrected chi connectivity index (χ0v) is 10.4. The molecule has 0 spiro atoms. The Morgan fingerprint density at radius 2 is 2.11 bits per heavy atom. The van der Waals surface area contributed by atoms with Crippen molar-refractivity contribution in [2.45, 2.75) is 12.6 Å². The summed E-state index contributed by atoms with van der Waals surface area (Å²) in [5.41, 5.74) is 6.82. The van der Waals surface area contributed by atoms with E-state index in [2.05, 4.69) is 0 Å². The third kappa shape index (κ3) is 2.58. The van der Waals surface area contributed by atoms with Crippen LogP contribution in [-0.4, -0.2) is 35.0 Å². The molecule has 1 aromatic carbocycles. The van der Waals surface area contributed by atoms with Crippen LogP contribution >= 0.6 is 0 Å². The summed E-state index contributed by atoms with van der Waals surface area (Å²) in [5.74, 6) is -1.98. The van der Waals surface area contributed by atoms with Crippen molar-refractivity contribution in [1.29, 1.82) is 0 Å². The maximum absolute atomic E-state index is 11.7. The average molecular weight is 262 g/mol. The SMILES string of the molecule is CN(Cc1coc2ccccc12)C(=O)C(N)C(=O)O. The van der Waals surface area contributed by atoms with Crippen LogP contribution in [0.2, 0.25) is 0 Å². The standard InChI is InChI=1S/C13H14N2O4/c1-15(12(16)11(14)13(17)18)6-8-7-19-10-5-3-2-4-9(8)10/h2-5,7,11H,6,14H2,1H3,(H,17,18). The second-order valence-corrected chi connectivity index (χ2v) is 4.27. The first kappa shape index (κ1) is 13.1. The van der Waals surface area contributed by atoms with Gasteiger partial charge in [-0.3, -0.25) is 4.79 Å². The highest BCUT2D eigenvalue weighted by Gasteiger charge is 2.25. The minimum absolute atomic E-state index is 0.247. The number of hydrogen-bond donors (Lipinski definition) is 2. The van der Waals surface area contributed by atoms with Gasteiger partial charge in [0.1, 0.15) is 5.58 Å². The van der Waals surface area contributed by atoms with Crippen molar-refractivity contribution < 1.29 is 19.1 Å². The van der Waals surface area contributed by atoms with Crippen molar-refractivity contribution >= 4 is 22.8 Å². The van der Waals surface area contributed by atoms with Crippen LogP contribution in [0.4, 0.5) is 0 Å². The molecule has 3 N–H and O–H groups in total. The average Bonchev–Trinajstić information content (AvgIpc) is 2.80. The molecule has 6 heteroatoms. The van der Waals surface area contributed by atoms with E-state index >= 15 is 0 Å². The van der Waals surface area contributed by atoms with Gasteiger partial charge in [0.2, 0.25) is 0 Å². The normalized spacial score (nSPS) is 12.3. The second kappa shape index (κ2) is 5.11. The highest BCUT2D eigenvalue weighted by molar-refractivity contribution is 6.00. The van der Waals surface area contributed by atoms with Gasteiger partial charge >= 0.3 is 5.97 Å². The lowest BCUT2D eigenvalue weighted by atomic mass is 10.1. The van der Waals surface area contributed by atoms with Gasteiger partial charge < -0.3 is 20.2 Å². The Bertz CT molecular complexity index is 620. The highest BCUT2D eigenvalue weighted by atomic mass is 16.4. The highest BCUT2D eigenvalue weighted by Crippen LogP contribution is 2.21. The molecule has 2 aromatic rings. The molecule has 0 radical (unpaired) electrons. The fourth-order valence-electron chi connectivity index (χ4n) is 1.83. The molecule has 1 atom stereocenters. The summed E-state index contributed by atoms with van der Waals surface area (Å²) >= 11 is 0. The van der Waals surface area contributed by atoms with Gasteiger partial charge in [0.05, 0.1) is 6.26 Å². The Balaban J connectivity index is 2.17. The van der Waals surface area contributed by atoms with E-state index in [9.17, 15) is 9.59 Å². The van der Waals surface area contributed by atoms with E-state index < -0.39 is 17.9 Å². The second-order valence-electron chi connectivity index (χ2n) is 4.27. The van der Waals surface area contributed by atoms with Crippen molar-refractivity contribution in [2.75, 3.05) is 7.05 Å². The van der Waals surface area contributed by atoms with Crippen molar-refractivity contribution in [2.24, 2.45) is 5.73 Å². The number of fused-ring (bicyclic) bond motifs is 1. The van der Waals surface area contributed by atoms with Crippen LogP contribution in [0.1, 0.15) is 5.56 Å². The summed E-state index contributed by atoms with van der Waals surface area (Å²) in [6.45, 7) is 0.247. The largest absolute Gasteiger partial charge is 0.480 e. The molecule has 1 aromatic heterocycles. The van der Waals surface area contributed by atoms with Gasteiger partial charge in [-0.15, -0.1) is 0 Å². The summed E-state index contributed by atoms with van der Waals surface area (Å²) in [6, 6.07) is 5.88. The number of carbonyl (C=O) groups excluding carboxylic acids is 1. The number of aliphatic carboxylic acids is 1. The third-order valence-corrected chi connectivity index (χ3v) is 2.88. The zero-order chi connectivity index (χ0) is 14.0. The lowest BCUT2D eigenvalue weighted by molar-refractivity contribution is -0.146. The number of carbonyl (C=O) groups is 2. The number of carboxylic acid groups (broad SMARTS) is 1. The van der Waals surface area contributed by atoms with Crippen LogP contribution in [0.25, 0.3) is 11.0 Å². The first-order valence-electron chi connectivity index (χ1n) is 5.69. The number of nitrogens with zero attached hydrogens (tertiary/aromatic N) is 1. The topological polar surface area (TPSA) is 96.8 Å². The zero-order valence-electron chi connectivity index (χ0n) is 10.4.